The number of halogens is 1. The lowest BCUT2D eigenvalue weighted by Gasteiger charge is -2.34. The van der Waals surface area contributed by atoms with Crippen LogP contribution < -0.4 is 5.73 Å². The average molecular weight is 347 g/mol. The van der Waals surface area contributed by atoms with Crippen LogP contribution >= 0.6 is 15.9 Å². The molecule has 0 fully saturated rings. The van der Waals surface area contributed by atoms with Gasteiger partial charge in [0.15, 0.2) is 0 Å². The highest BCUT2D eigenvalue weighted by molar-refractivity contribution is 9.10. The molecule has 0 saturated carbocycles. The van der Waals surface area contributed by atoms with Crippen LogP contribution in [-0.2, 0) is 6.42 Å². The molecule has 0 saturated heterocycles. The topological polar surface area (TPSA) is 30.9 Å². The number of aryl methyl sites for hydroxylation is 2. The predicted molar refractivity (Wildman–Crippen MR) is 92.0 cm³/mol. The summed E-state index contributed by atoms with van der Waals surface area (Å²) in [4.78, 5) is 0. The SMILES string of the molecule is Cc1ccc(-n2c(C)cc3c2CC(C)(C)CC3N)c(Br)c1. The molecule has 1 atom stereocenters. The molecule has 3 heteroatoms. The fraction of sp³-hybridized carbons (Fsp3) is 0.444. The van der Waals surface area contributed by atoms with E-state index in [1.54, 1.807) is 0 Å². The van der Waals surface area contributed by atoms with E-state index in [1.807, 2.05) is 0 Å². The maximum Gasteiger partial charge on any atom is 0.0597 e. The first-order chi connectivity index (χ1) is 9.78. The van der Waals surface area contributed by atoms with Crippen LogP contribution in [0.3, 0.4) is 0 Å². The molecule has 1 heterocycles. The van der Waals surface area contributed by atoms with E-state index in [-0.39, 0.29) is 11.5 Å². The van der Waals surface area contributed by atoms with Crippen molar-refractivity contribution in [2.24, 2.45) is 11.1 Å². The molecule has 2 N–H and O–H groups in total. The third-order valence-electron chi connectivity index (χ3n) is 4.48. The maximum atomic E-state index is 6.42. The zero-order valence-corrected chi connectivity index (χ0v) is 14.8. The van der Waals surface area contributed by atoms with Gasteiger partial charge in [-0.15, -0.1) is 0 Å². The van der Waals surface area contributed by atoms with Crippen LogP contribution in [0.2, 0.25) is 0 Å². The van der Waals surface area contributed by atoms with E-state index in [0.717, 1.165) is 17.3 Å². The molecule has 0 bridgehead atoms. The lowest BCUT2D eigenvalue weighted by atomic mass is 9.74. The molecular weight excluding hydrogens is 324 g/mol. The smallest absolute Gasteiger partial charge is 0.0597 e. The Kier molecular flexibility index (Phi) is 3.53. The molecule has 112 valence electrons. The minimum absolute atomic E-state index is 0.146. The molecule has 0 spiro atoms. The molecule has 2 nitrogen and oxygen atoms in total. The number of hydrogen-bond acceptors (Lipinski definition) is 1. The van der Waals surface area contributed by atoms with Gasteiger partial charge in [0.1, 0.15) is 0 Å². The second-order valence-corrected chi connectivity index (χ2v) is 7.98. The van der Waals surface area contributed by atoms with Gasteiger partial charge in [0.25, 0.3) is 0 Å². The van der Waals surface area contributed by atoms with E-state index in [2.05, 4.69) is 72.5 Å². The monoisotopic (exact) mass is 346 g/mol. The first-order valence-electron chi connectivity index (χ1n) is 7.52. The summed E-state index contributed by atoms with van der Waals surface area (Å²) >= 11 is 3.72. The predicted octanol–water partition coefficient (Wildman–Crippen LogP) is 4.83. The van der Waals surface area contributed by atoms with Gasteiger partial charge in [-0.2, -0.15) is 0 Å². The zero-order chi connectivity index (χ0) is 15.4. The second-order valence-electron chi connectivity index (χ2n) is 7.13. The molecule has 21 heavy (non-hydrogen) atoms. The summed E-state index contributed by atoms with van der Waals surface area (Å²) in [6.07, 6.45) is 2.13. The first-order valence-corrected chi connectivity index (χ1v) is 8.31. The Hall–Kier alpha value is -1.06. The maximum absolute atomic E-state index is 6.42. The minimum atomic E-state index is 0.146. The van der Waals surface area contributed by atoms with Gasteiger partial charge in [-0.05, 0) is 77.4 Å². The molecule has 1 aromatic carbocycles. The number of rotatable bonds is 1. The standard InChI is InChI=1S/C18H23BrN2/c1-11-5-6-16(14(19)7-11)21-12(2)8-13-15(20)9-18(3,4)10-17(13)21/h5-8,15H,9-10,20H2,1-4H3. The third kappa shape index (κ3) is 2.58. The number of fused-ring (bicyclic) bond motifs is 1. The summed E-state index contributed by atoms with van der Waals surface area (Å²) in [5, 5.41) is 0. The van der Waals surface area contributed by atoms with Gasteiger partial charge in [0.05, 0.1) is 5.69 Å². The molecule has 1 unspecified atom stereocenters. The van der Waals surface area contributed by atoms with Gasteiger partial charge in [-0.3, -0.25) is 0 Å². The zero-order valence-electron chi connectivity index (χ0n) is 13.2. The molecule has 1 aliphatic rings. The van der Waals surface area contributed by atoms with Crippen LogP contribution in [0.5, 0.6) is 0 Å². The van der Waals surface area contributed by atoms with E-state index in [9.17, 15) is 0 Å². The molecule has 0 aliphatic heterocycles. The summed E-state index contributed by atoms with van der Waals surface area (Å²) in [5.74, 6) is 0. The summed E-state index contributed by atoms with van der Waals surface area (Å²) in [6.45, 7) is 8.91. The fourth-order valence-electron chi connectivity index (χ4n) is 3.58. The molecular formula is C18H23BrN2. The van der Waals surface area contributed by atoms with Gasteiger partial charge in [-0.25, -0.2) is 0 Å². The first kappa shape index (κ1) is 14.9. The van der Waals surface area contributed by atoms with Gasteiger partial charge < -0.3 is 10.3 Å². The van der Waals surface area contributed by atoms with Crippen molar-refractivity contribution in [2.45, 2.75) is 46.6 Å². The van der Waals surface area contributed by atoms with Crippen molar-refractivity contribution in [2.75, 3.05) is 0 Å². The Labute approximate surface area is 135 Å². The van der Waals surface area contributed by atoms with Crippen LogP contribution in [0, 0.1) is 19.3 Å². The molecule has 2 aromatic rings. The largest absolute Gasteiger partial charge is 0.324 e. The summed E-state index contributed by atoms with van der Waals surface area (Å²) in [5.41, 5.74) is 13.1. The van der Waals surface area contributed by atoms with Crippen LogP contribution in [0.1, 0.15) is 48.8 Å². The molecule has 0 radical (unpaired) electrons. The fourth-order valence-corrected chi connectivity index (χ4v) is 4.25. The van der Waals surface area contributed by atoms with Crippen LogP contribution in [0.25, 0.3) is 5.69 Å². The van der Waals surface area contributed by atoms with Crippen LogP contribution in [0.4, 0.5) is 0 Å². The van der Waals surface area contributed by atoms with E-state index >= 15 is 0 Å². The Morgan fingerprint density at radius 1 is 1.24 bits per heavy atom. The lowest BCUT2D eigenvalue weighted by molar-refractivity contribution is 0.278. The van der Waals surface area contributed by atoms with E-state index in [1.165, 1.54) is 28.2 Å². The highest BCUT2D eigenvalue weighted by Gasteiger charge is 2.33. The van der Waals surface area contributed by atoms with Gasteiger partial charge in [0, 0.05) is 21.9 Å². The quantitative estimate of drug-likeness (QED) is 0.787. The van der Waals surface area contributed by atoms with E-state index in [0.29, 0.717) is 0 Å². The number of nitrogens with zero attached hydrogens (tertiary/aromatic N) is 1. The Morgan fingerprint density at radius 3 is 2.62 bits per heavy atom. The highest BCUT2D eigenvalue weighted by atomic mass is 79.9. The molecule has 1 aromatic heterocycles. The van der Waals surface area contributed by atoms with Gasteiger partial charge >= 0.3 is 0 Å². The Balaban J connectivity index is 2.21. The number of nitrogens with two attached hydrogens (primary N) is 1. The Morgan fingerprint density at radius 2 is 1.95 bits per heavy atom. The van der Waals surface area contributed by atoms with Crippen LogP contribution in [-0.4, -0.2) is 4.57 Å². The molecule has 0 amide bonds. The Bertz CT molecular complexity index is 697. The van der Waals surface area contributed by atoms with Crippen molar-refractivity contribution < 1.29 is 0 Å². The third-order valence-corrected chi connectivity index (χ3v) is 5.12. The lowest BCUT2D eigenvalue weighted by Crippen LogP contribution is -2.30. The number of aromatic nitrogens is 1. The summed E-state index contributed by atoms with van der Waals surface area (Å²) < 4.78 is 3.51. The molecule has 1 aliphatic carbocycles. The van der Waals surface area contributed by atoms with Gasteiger partial charge in [0.2, 0.25) is 0 Å². The average Bonchev–Trinajstić information content (AvgIpc) is 2.65. The van der Waals surface area contributed by atoms with E-state index < -0.39 is 0 Å². The molecule has 3 rings (SSSR count). The minimum Gasteiger partial charge on any atom is -0.324 e. The number of benzene rings is 1. The van der Waals surface area contributed by atoms with Crippen molar-refractivity contribution >= 4 is 15.9 Å². The van der Waals surface area contributed by atoms with Crippen molar-refractivity contribution in [3.05, 3.63) is 51.3 Å². The number of hydrogen-bond donors (Lipinski definition) is 1. The van der Waals surface area contributed by atoms with Crippen molar-refractivity contribution in [1.29, 1.82) is 0 Å². The van der Waals surface area contributed by atoms with Crippen LogP contribution in [0.15, 0.2) is 28.7 Å². The normalized spacial score (nSPS) is 20.4. The van der Waals surface area contributed by atoms with Crippen molar-refractivity contribution in [1.82, 2.24) is 4.57 Å². The summed E-state index contributed by atoms with van der Waals surface area (Å²) in [7, 11) is 0. The second kappa shape index (κ2) is 4.99. The highest BCUT2D eigenvalue weighted by Crippen LogP contribution is 2.42. The van der Waals surface area contributed by atoms with Gasteiger partial charge in [-0.1, -0.05) is 19.9 Å². The van der Waals surface area contributed by atoms with Crippen molar-refractivity contribution in [3.63, 3.8) is 0 Å². The summed E-state index contributed by atoms with van der Waals surface area (Å²) in [6, 6.07) is 8.95. The van der Waals surface area contributed by atoms with E-state index in [4.69, 9.17) is 5.73 Å². The van der Waals surface area contributed by atoms with Crippen molar-refractivity contribution in [3.8, 4) is 5.69 Å².